The minimum absolute atomic E-state index is 0.0861. The molecule has 7 heteroatoms. The van der Waals surface area contributed by atoms with Crippen LogP contribution in [-0.2, 0) is 0 Å². The quantitative estimate of drug-likeness (QED) is 0.684. The topological polar surface area (TPSA) is 72.2 Å². The van der Waals surface area contributed by atoms with Gasteiger partial charge in [0.15, 0.2) is 0 Å². The van der Waals surface area contributed by atoms with Crippen LogP contribution in [0.5, 0.6) is 0 Å². The molecule has 0 heterocycles. The second-order valence-corrected chi connectivity index (χ2v) is 4.71. The van der Waals surface area contributed by atoms with E-state index in [1.807, 2.05) is 0 Å². The van der Waals surface area contributed by atoms with E-state index >= 15 is 0 Å². The van der Waals surface area contributed by atoms with E-state index in [1.165, 1.54) is 30.3 Å². The number of anilines is 1. The van der Waals surface area contributed by atoms with Crippen LogP contribution in [0.4, 0.5) is 15.8 Å². The highest BCUT2D eigenvalue weighted by Gasteiger charge is 2.16. The molecule has 0 aromatic heterocycles. The fourth-order valence-electron chi connectivity index (χ4n) is 1.57. The molecule has 1 N–H and O–H groups in total. The molecule has 0 saturated carbocycles. The number of nitrogens with one attached hydrogen (secondary N) is 1. The summed E-state index contributed by atoms with van der Waals surface area (Å²) in [5.74, 6) is -1.05. The fourth-order valence-corrected chi connectivity index (χ4v) is 1.95. The van der Waals surface area contributed by atoms with Crippen molar-refractivity contribution in [1.82, 2.24) is 0 Å². The SMILES string of the molecule is O=C(Nc1ccccc1[N+](=O)[O-])c1ccc(F)c(Br)c1. The molecule has 0 spiro atoms. The Morgan fingerprint density at radius 1 is 1.25 bits per heavy atom. The zero-order valence-corrected chi connectivity index (χ0v) is 11.6. The molecule has 2 aromatic carbocycles. The Balaban J connectivity index is 2.28. The van der Waals surface area contributed by atoms with Gasteiger partial charge in [-0.15, -0.1) is 0 Å². The van der Waals surface area contributed by atoms with Gasteiger partial charge < -0.3 is 5.32 Å². The number of hydrogen-bond donors (Lipinski definition) is 1. The summed E-state index contributed by atoms with van der Waals surface area (Å²) in [5, 5.41) is 13.3. The van der Waals surface area contributed by atoms with Crippen LogP contribution in [-0.4, -0.2) is 10.8 Å². The largest absolute Gasteiger partial charge is 0.316 e. The number of halogens is 2. The van der Waals surface area contributed by atoms with Crippen LogP contribution < -0.4 is 5.32 Å². The van der Waals surface area contributed by atoms with Crippen LogP contribution in [0.1, 0.15) is 10.4 Å². The summed E-state index contributed by atoms with van der Waals surface area (Å²) in [5.41, 5.74) is 0.0707. The minimum Gasteiger partial charge on any atom is -0.316 e. The number of nitrogens with zero attached hydrogens (tertiary/aromatic N) is 1. The number of carbonyl (C=O) groups excluding carboxylic acids is 1. The second-order valence-electron chi connectivity index (χ2n) is 3.86. The third-order valence-corrected chi connectivity index (χ3v) is 3.14. The van der Waals surface area contributed by atoms with Gasteiger partial charge in [-0.3, -0.25) is 14.9 Å². The number of nitro groups is 1. The van der Waals surface area contributed by atoms with E-state index in [9.17, 15) is 19.3 Å². The molecule has 0 radical (unpaired) electrons. The molecule has 0 bridgehead atoms. The van der Waals surface area contributed by atoms with Gasteiger partial charge in [0.1, 0.15) is 11.5 Å². The second kappa shape index (κ2) is 5.79. The number of para-hydroxylation sites is 2. The van der Waals surface area contributed by atoms with E-state index in [1.54, 1.807) is 6.07 Å². The number of nitro benzene ring substituents is 1. The first kappa shape index (κ1) is 14.1. The van der Waals surface area contributed by atoms with Gasteiger partial charge in [0.2, 0.25) is 0 Å². The van der Waals surface area contributed by atoms with Gasteiger partial charge in [-0.05, 0) is 40.2 Å². The van der Waals surface area contributed by atoms with Crippen molar-refractivity contribution in [3.63, 3.8) is 0 Å². The van der Waals surface area contributed by atoms with Gasteiger partial charge in [-0.1, -0.05) is 12.1 Å². The Labute approximate surface area is 121 Å². The first-order valence-corrected chi connectivity index (χ1v) is 6.28. The average molecular weight is 339 g/mol. The summed E-state index contributed by atoms with van der Waals surface area (Å²) in [6.07, 6.45) is 0. The summed E-state index contributed by atoms with van der Waals surface area (Å²) in [7, 11) is 0. The monoisotopic (exact) mass is 338 g/mol. The van der Waals surface area contributed by atoms with Crippen LogP contribution in [0.15, 0.2) is 46.9 Å². The van der Waals surface area contributed by atoms with Crippen molar-refractivity contribution < 1.29 is 14.1 Å². The number of hydrogen-bond acceptors (Lipinski definition) is 3. The van der Waals surface area contributed by atoms with Crippen LogP contribution in [0.3, 0.4) is 0 Å². The molecule has 0 aliphatic carbocycles. The lowest BCUT2D eigenvalue weighted by Gasteiger charge is -2.06. The Morgan fingerprint density at radius 3 is 2.60 bits per heavy atom. The Bertz CT molecular complexity index is 691. The highest BCUT2D eigenvalue weighted by Crippen LogP contribution is 2.24. The van der Waals surface area contributed by atoms with Crippen molar-refractivity contribution >= 4 is 33.2 Å². The molecule has 5 nitrogen and oxygen atoms in total. The summed E-state index contributed by atoms with van der Waals surface area (Å²) < 4.78 is 13.2. The first-order chi connectivity index (χ1) is 9.49. The molecule has 102 valence electrons. The molecular weight excluding hydrogens is 331 g/mol. The summed E-state index contributed by atoms with van der Waals surface area (Å²) in [6.45, 7) is 0. The Morgan fingerprint density at radius 2 is 1.95 bits per heavy atom. The zero-order valence-electron chi connectivity index (χ0n) is 9.97. The van der Waals surface area contributed by atoms with E-state index in [4.69, 9.17) is 0 Å². The van der Waals surface area contributed by atoms with Crippen molar-refractivity contribution in [3.05, 3.63) is 68.4 Å². The van der Waals surface area contributed by atoms with Gasteiger partial charge in [-0.2, -0.15) is 0 Å². The predicted octanol–water partition coefficient (Wildman–Crippen LogP) is 3.75. The Kier molecular flexibility index (Phi) is 4.09. The predicted molar refractivity (Wildman–Crippen MR) is 75.1 cm³/mol. The molecule has 0 saturated heterocycles. The maximum atomic E-state index is 13.1. The normalized spacial score (nSPS) is 10.1. The molecule has 0 unspecified atom stereocenters. The van der Waals surface area contributed by atoms with Crippen molar-refractivity contribution in [2.75, 3.05) is 5.32 Å². The van der Waals surface area contributed by atoms with E-state index in [0.717, 1.165) is 6.07 Å². The van der Waals surface area contributed by atoms with Crippen LogP contribution in [0.2, 0.25) is 0 Å². The third-order valence-electron chi connectivity index (χ3n) is 2.53. The average Bonchev–Trinajstić information content (AvgIpc) is 2.42. The van der Waals surface area contributed by atoms with Crippen LogP contribution >= 0.6 is 15.9 Å². The molecule has 20 heavy (non-hydrogen) atoms. The number of rotatable bonds is 3. The molecule has 0 atom stereocenters. The van der Waals surface area contributed by atoms with E-state index < -0.39 is 16.6 Å². The molecule has 1 amide bonds. The summed E-state index contributed by atoms with van der Waals surface area (Å²) in [4.78, 5) is 22.2. The highest BCUT2D eigenvalue weighted by atomic mass is 79.9. The zero-order chi connectivity index (χ0) is 14.7. The molecule has 0 aliphatic heterocycles. The van der Waals surface area contributed by atoms with Crippen LogP contribution in [0.25, 0.3) is 0 Å². The number of amides is 1. The fraction of sp³-hybridized carbons (Fsp3) is 0. The van der Waals surface area contributed by atoms with Crippen LogP contribution in [0, 0.1) is 15.9 Å². The maximum absolute atomic E-state index is 13.1. The van der Waals surface area contributed by atoms with Crippen molar-refractivity contribution in [1.29, 1.82) is 0 Å². The van der Waals surface area contributed by atoms with Crippen molar-refractivity contribution in [2.24, 2.45) is 0 Å². The highest BCUT2D eigenvalue weighted by molar-refractivity contribution is 9.10. The third kappa shape index (κ3) is 3.00. The number of benzene rings is 2. The lowest BCUT2D eigenvalue weighted by molar-refractivity contribution is -0.383. The minimum atomic E-state index is -0.587. The van der Waals surface area contributed by atoms with E-state index in [2.05, 4.69) is 21.2 Å². The van der Waals surface area contributed by atoms with Crippen molar-refractivity contribution in [2.45, 2.75) is 0 Å². The maximum Gasteiger partial charge on any atom is 0.292 e. The van der Waals surface area contributed by atoms with Gasteiger partial charge in [-0.25, -0.2) is 4.39 Å². The lowest BCUT2D eigenvalue weighted by Crippen LogP contribution is -2.13. The molecule has 2 rings (SSSR count). The standard InChI is InChI=1S/C13H8BrFN2O3/c14-9-7-8(5-6-10(9)15)13(18)16-11-3-1-2-4-12(11)17(19)20/h1-7H,(H,16,18). The van der Waals surface area contributed by atoms with Gasteiger partial charge in [0.25, 0.3) is 11.6 Å². The molecule has 0 aliphatic rings. The smallest absolute Gasteiger partial charge is 0.292 e. The Hall–Kier alpha value is -2.28. The van der Waals surface area contributed by atoms with Crippen molar-refractivity contribution in [3.8, 4) is 0 Å². The van der Waals surface area contributed by atoms with Gasteiger partial charge in [0, 0.05) is 11.6 Å². The lowest BCUT2D eigenvalue weighted by atomic mass is 10.2. The molecule has 0 fully saturated rings. The van der Waals surface area contributed by atoms with E-state index in [-0.39, 0.29) is 21.4 Å². The number of carbonyl (C=O) groups is 1. The molecular formula is C13H8BrFN2O3. The summed E-state index contributed by atoms with van der Waals surface area (Å²) in [6, 6.07) is 9.53. The van der Waals surface area contributed by atoms with Gasteiger partial charge in [0.05, 0.1) is 9.40 Å². The summed E-state index contributed by atoms with van der Waals surface area (Å²) >= 11 is 2.97. The molecule has 2 aromatic rings. The van der Waals surface area contributed by atoms with Gasteiger partial charge >= 0.3 is 0 Å². The first-order valence-electron chi connectivity index (χ1n) is 5.49. The van der Waals surface area contributed by atoms with E-state index in [0.29, 0.717) is 0 Å².